The van der Waals surface area contributed by atoms with Gasteiger partial charge in [0.15, 0.2) is 0 Å². The van der Waals surface area contributed by atoms with Crippen molar-refractivity contribution in [3.8, 4) is 0 Å². The van der Waals surface area contributed by atoms with Crippen LogP contribution in [0.5, 0.6) is 0 Å². The number of hydrogen-bond acceptors (Lipinski definition) is 2. The zero-order chi connectivity index (χ0) is 13.3. The molecule has 0 saturated heterocycles. The normalized spacial score (nSPS) is 36.1. The summed E-state index contributed by atoms with van der Waals surface area (Å²) in [6.45, 7) is 6.52. The van der Waals surface area contributed by atoms with Gasteiger partial charge in [-0.25, -0.2) is 0 Å². The van der Waals surface area contributed by atoms with Gasteiger partial charge in [-0.1, -0.05) is 26.7 Å². The maximum atomic E-state index is 12.4. The SMILES string of the molecule is CCC(CC)C(C)NC(=O)C1C2CCC(C2)C1N. The van der Waals surface area contributed by atoms with E-state index in [9.17, 15) is 4.79 Å². The maximum Gasteiger partial charge on any atom is 0.225 e. The van der Waals surface area contributed by atoms with Crippen molar-refractivity contribution in [2.75, 3.05) is 0 Å². The second-order valence-electron chi connectivity index (χ2n) is 6.31. The van der Waals surface area contributed by atoms with Crippen LogP contribution in [0, 0.1) is 23.7 Å². The van der Waals surface area contributed by atoms with E-state index >= 15 is 0 Å². The van der Waals surface area contributed by atoms with E-state index in [0.29, 0.717) is 17.8 Å². The predicted octanol–water partition coefficient (Wildman–Crippen LogP) is 2.30. The first kappa shape index (κ1) is 13.9. The van der Waals surface area contributed by atoms with Crippen LogP contribution >= 0.6 is 0 Å². The van der Waals surface area contributed by atoms with Crippen molar-refractivity contribution in [3.63, 3.8) is 0 Å². The lowest BCUT2D eigenvalue weighted by Gasteiger charge is -2.30. The van der Waals surface area contributed by atoms with E-state index < -0.39 is 0 Å². The third-order valence-electron chi connectivity index (χ3n) is 5.41. The van der Waals surface area contributed by atoms with Gasteiger partial charge < -0.3 is 11.1 Å². The summed E-state index contributed by atoms with van der Waals surface area (Å²) in [5.74, 6) is 2.05. The average Bonchev–Trinajstić information content (AvgIpc) is 2.90. The zero-order valence-electron chi connectivity index (χ0n) is 12.0. The topological polar surface area (TPSA) is 55.1 Å². The Morgan fingerprint density at radius 2 is 1.89 bits per heavy atom. The molecule has 3 N–H and O–H groups in total. The van der Waals surface area contributed by atoms with Crippen molar-refractivity contribution in [1.82, 2.24) is 5.32 Å². The van der Waals surface area contributed by atoms with Gasteiger partial charge in [0.2, 0.25) is 5.91 Å². The van der Waals surface area contributed by atoms with Crippen LogP contribution in [0.1, 0.15) is 52.9 Å². The fraction of sp³-hybridized carbons (Fsp3) is 0.933. The van der Waals surface area contributed by atoms with E-state index in [-0.39, 0.29) is 23.9 Å². The van der Waals surface area contributed by atoms with Crippen LogP contribution in [0.3, 0.4) is 0 Å². The largest absolute Gasteiger partial charge is 0.353 e. The van der Waals surface area contributed by atoms with Crippen molar-refractivity contribution in [2.45, 2.75) is 65.0 Å². The lowest BCUT2D eigenvalue weighted by atomic mass is 9.84. The Morgan fingerprint density at radius 1 is 1.28 bits per heavy atom. The minimum atomic E-state index is 0.0839. The van der Waals surface area contributed by atoms with Crippen LogP contribution < -0.4 is 11.1 Å². The minimum absolute atomic E-state index is 0.0839. The molecule has 5 atom stereocenters. The number of hydrogen-bond donors (Lipinski definition) is 2. The van der Waals surface area contributed by atoms with Gasteiger partial charge in [0.1, 0.15) is 0 Å². The first-order valence-electron chi connectivity index (χ1n) is 7.64. The number of carbonyl (C=O) groups is 1. The van der Waals surface area contributed by atoms with Crippen molar-refractivity contribution in [2.24, 2.45) is 29.4 Å². The molecule has 1 amide bonds. The molecule has 2 aliphatic rings. The first-order chi connectivity index (χ1) is 8.58. The third kappa shape index (κ3) is 2.42. The summed E-state index contributed by atoms with van der Waals surface area (Å²) >= 11 is 0. The van der Waals surface area contributed by atoms with E-state index in [1.165, 1.54) is 19.3 Å². The fourth-order valence-corrected chi connectivity index (χ4v) is 4.16. The molecular formula is C15H28N2O. The molecule has 3 nitrogen and oxygen atoms in total. The Bertz CT molecular complexity index is 299. The molecular weight excluding hydrogens is 224 g/mol. The van der Waals surface area contributed by atoms with E-state index in [2.05, 4.69) is 26.1 Å². The Hall–Kier alpha value is -0.570. The number of rotatable bonds is 5. The molecule has 0 aliphatic heterocycles. The molecule has 0 aromatic heterocycles. The molecule has 0 radical (unpaired) electrons. The molecule has 5 unspecified atom stereocenters. The monoisotopic (exact) mass is 252 g/mol. The maximum absolute atomic E-state index is 12.4. The summed E-state index contributed by atoms with van der Waals surface area (Å²) in [7, 11) is 0. The molecule has 18 heavy (non-hydrogen) atoms. The van der Waals surface area contributed by atoms with E-state index in [1.807, 2.05) is 0 Å². The van der Waals surface area contributed by atoms with Gasteiger partial charge >= 0.3 is 0 Å². The van der Waals surface area contributed by atoms with Crippen LogP contribution in [-0.2, 0) is 4.79 Å². The first-order valence-corrected chi connectivity index (χ1v) is 7.64. The Balaban J connectivity index is 1.92. The zero-order valence-corrected chi connectivity index (χ0v) is 12.0. The van der Waals surface area contributed by atoms with Crippen molar-refractivity contribution < 1.29 is 4.79 Å². The van der Waals surface area contributed by atoms with Crippen molar-refractivity contribution in [3.05, 3.63) is 0 Å². The highest BCUT2D eigenvalue weighted by Gasteiger charge is 2.49. The van der Waals surface area contributed by atoms with Crippen LogP contribution in [0.4, 0.5) is 0 Å². The summed E-state index contributed by atoms with van der Waals surface area (Å²) < 4.78 is 0. The van der Waals surface area contributed by atoms with Gasteiger partial charge in [-0.3, -0.25) is 4.79 Å². The highest BCUT2D eigenvalue weighted by molar-refractivity contribution is 5.80. The van der Waals surface area contributed by atoms with Crippen LogP contribution in [-0.4, -0.2) is 18.0 Å². The summed E-state index contributed by atoms with van der Waals surface area (Å²) in [5.41, 5.74) is 6.22. The van der Waals surface area contributed by atoms with Gasteiger partial charge in [0.25, 0.3) is 0 Å². The highest BCUT2D eigenvalue weighted by atomic mass is 16.2. The Morgan fingerprint density at radius 3 is 2.39 bits per heavy atom. The molecule has 2 fully saturated rings. The molecule has 104 valence electrons. The van der Waals surface area contributed by atoms with E-state index in [4.69, 9.17) is 5.73 Å². The molecule has 2 aliphatic carbocycles. The Labute approximate surface area is 111 Å². The lowest BCUT2D eigenvalue weighted by Crippen LogP contribution is -2.49. The van der Waals surface area contributed by atoms with Crippen molar-refractivity contribution in [1.29, 1.82) is 0 Å². The van der Waals surface area contributed by atoms with Crippen LogP contribution in [0.2, 0.25) is 0 Å². The molecule has 2 saturated carbocycles. The van der Waals surface area contributed by atoms with Gasteiger partial charge in [0, 0.05) is 12.1 Å². The van der Waals surface area contributed by atoms with Crippen molar-refractivity contribution >= 4 is 5.91 Å². The third-order valence-corrected chi connectivity index (χ3v) is 5.41. The summed E-state index contributed by atoms with van der Waals surface area (Å²) in [6.07, 6.45) is 5.87. The summed E-state index contributed by atoms with van der Waals surface area (Å²) in [5, 5.41) is 3.22. The summed E-state index contributed by atoms with van der Waals surface area (Å²) in [4.78, 5) is 12.4. The number of nitrogens with one attached hydrogen (secondary N) is 1. The van der Waals surface area contributed by atoms with Gasteiger partial charge in [-0.15, -0.1) is 0 Å². The minimum Gasteiger partial charge on any atom is -0.353 e. The van der Waals surface area contributed by atoms with E-state index in [1.54, 1.807) is 0 Å². The number of amides is 1. The summed E-state index contributed by atoms with van der Waals surface area (Å²) in [6, 6.07) is 0.386. The molecule has 0 heterocycles. The smallest absolute Gasteiger partial charge is 0.225 e. The van der Waals surface area contributed by atoms with Gasteiger partial charge in [-0.05, 0) is 43.9 Å². The molecule has 0 aromatic carbocycles. The van der Waals surface area contributed by atoms with Crippen LogP contribution in [0.15, 0.2) is 0 Å². The van der Waals surface area contributed by atoms with Gasteiger partial charge in [0.05, 0.1) is 5.92 Å². The number of nitrogens with two attached hydrogens (primary N) is 1. The molecule has 3 heteroatoms. The molecule has 0 aromatic rings. The fourth-order valence-electron chi connectivity index (χ4n) is 4.16. The number of fused-ring (bicyclic) bond motifs is 2. The lowest BCUT2D eigenvalue weighted by molar-refractivity contribution is -0.128. The highest BCUT2D eigenvalue weighted by Crippen LogP contribution is 2.47. The number of carbonyl (C=O) groups excluding carboxylic acids is 1. The molecule has 2 bridgehead atoms. The average molecular weight is 252 g/mol. The van der Waals surface area contributed by atoms with Gasteiger partial charge in [-0.2, -0.15) is 0 Å². The second kappa shape index (κ2) is 5.60. The van der Waals surface area contributed by atoms with Crippen LogP contribution in [0.25, 0.3) is 0 Å². The second-order valence-corrected chi connectivity index (χ2v) is 6.31. The molecule has 2 rings (SSSR count). The quantitative estimate of drug-likeness (QED) is 0.789. The molecule has 0 spiro atoms. The Kier molecular flexibility index (Phi) is 4.31. The standard InChI is InChI=1S/C15H28N2O/c1-4-10(5-2)9(3)17-15(18)13-11-6-7-12(8-11)14(13)16/h9-14H,4-8,16H2,1-3H3,(H,17,18). The predicted molar refractivity (Wildman–Crippen MR) is 74.0 cm³/mol. The van der Waals surface area contributed by atoms with E-state index in [0.717, 1.165) is 12.8 Å².